The summed E-state index contributed by atoms with van der Waals surface area (Å²) in [4.78, 5) is 23.8. The van der Waals surface area contributed by atoms with Crippen LogP contribution in [0.3, 0.4) is 0 Å². The number of hydrogen-bond donors (Lipinski definition) is 1. The molecule has 136 valence electrons. The average Bonchev–Trinajstić information content (AvgIpc) is 2.67. The Morgan fingerprint density at radius 2 is 1.52 bits per heavy atom. The molecule has 25 heavy (non-hydrogen) atoms. The van der Waals surface area contributed by atoms with Gasteiger partial charge in [-0.05, 0) is 36.4 Å². The topological polar surface area (TPSA) is 46.2 Å². The van der Waals surface area contributed by atoms with E-state index in [2.05, 4.69) is 5.32 Å². The number of carbonyl (C=O) groups is 2. The second-order valence-electron chi connectivity index (χ2n) is 4.13. The standard InChI is InChI=1S/C15H11Cl2NO2S.2C2H6/c1-18-13-5-3-10(7-14(13)21-8-19)15(20)9-2-4-11(16)12(17)6-9;2*1-2/h2-8,18H,1H3;2*1-2H3. The number of nitrogens with one attached hydrogen (secondary N) is 1. The first-order valence-electron chi connectivity index (χ1n) is 7.98. The SMILES string of the molecule is CC.CC.CNc1ccc(C(=O)c2ccc(Cl)c(Cl)c2)cc1SC=O. The van der Waals surface area contributed by atoms with E-state index in [1.54, 1.807) is 37.4 Å². The number of anilines is 1. The molecule has 0 amide bonds. The minimum atomic E-state index is -0.177. The molecule has 0 unspecified atom stereocenters. The van der Waals surface area contributed by atoms with Gasteiger partial charge in [0.15, 0.2) is 11.4 Å². The predicted molar refractivity (Wildman–Crippen MR) is 111 cm³/mol. The molecule has 3 nitrogen and oxygen atoms in total. The molecule has 0 aliphatic rings. The van der Waals surface area contributed by atoms with Crippen LogP contribution in [0.1, 0.15) is 43.6 Å². The molecule has 0 heterocycles. The van der Waals surface area contributed by atoms with Crippen molar-refractivity contribution < 1.29 is 9.59 Å². The van der Waals surface area contributed by atoms with E-state index < -0.39 is 0 Å². The molecule has 2 aromatic carbocycles. The van der Waals surface area contributed by atoms with Crippen LogP contribution in [0.25, 0.3) is 0 Å². The Morgan fingerprint density at radius 3 is 2.04 bits per heavy atom. The van der Waals surface area contributed by atoms with Crippen LogP contribution in [0.5, 0.6) is 0 Å². The van der Waals surface area contributed by atoms with Crippen LogP contribution in [0.4, 0.5) is 5.69 Å². The van der Waals surface area contributed by atoms with Crippen molar-refractivity contribution in [3.8, 4) is 0 Å². The number of halogens is 2. The Bertz CT molecular complexity index is 706. The summed E-state index contributed by atoms with van der Waals surface area (Å²) in [6.07, 6.45) is 0. The Labute approximate surface area is 164 Å². The highest BCUT2D eigenvalue weighted by Crippen LogP contribution is 2.29. The van der Waals surface area contributed by atoms with E-state index in [-0.39, 0.29) is 5.78 Å². The zero-order valence-electron chi connectivity index (χ0n) is 15.0. The first-order valence-corrected chi connectivity index (χ1v) is 9.62. The fraction of sp³-hybridized carbons (Fsp3) is 0.263. The Hall–Kier alpha value is -1.49. The Kier molecular flexibility index (Phi) is 12.0. The van der Waals surface area contributed by atoms with Crippen LogP contribution in [0.2, 0.25) is 10.0 Å². The van der Waals surface area contributed by atoms with E-state index in [9.17, 15) is 9.59 Å². The zero-order chi connectivity index (χ0) is 19.4. The smallest absolute Gasteiger partial charge is 0.193 e. The molecule has 0 bridgehead atoms. The van der Waals surface area contributed by atoms with Gasteiger partial charge in [0.05, 0.1) is 10.0 Å². The third kappa shape index (κ3) is 6.73. The van der Waals surface area contributed by atoms with Crippen molar-refractivity contribution >= 4 is 52.1 Å². The number of ketones is 1. The molecular weight excluding hydrogens is 377 g/mol. The summed E-state index contributed by atoms with van der Waals surface area (Å²) in [5.74, 6) is -0.177. The minimum Gasteiger partial charge on any atom is -0.387 e. The number of thioether (sulfide) groups is 1. The molecular formula is C19H23Cl2NO2S. The summed E-state index contributed by atoms with van der Waals surface area (Å²) in [5, 5.41) is 3.70. The Morgan fingerprint density at radius 1 is 0.960 bits per heavy atom. The molecule has 0 aliphatic heterocycles. The van der Waals surface area contributed by atoms with Crippen LogP contribution in [0, 0.1) is 0 Å². The number of hydrogen-bond acceptors (Lipinski definition) is 4. The highest BCUT2D eigenvalue weighted by molar-refractivity contribution is 8.12. The van der Waals surface area contributed by atoms with Crippen molar-refractivity contribution in [2.24, 2.45) is 0 Å². The third-order valence-electron chi connectivity index (χ3n) is 2.87. The lowest BCUT2D eigenvalue weighted by molar-refractivity contribution is 0.103. The molecule has 0 spiro atoms. The van der Waals surface area contributed by atoms with Gasteiger partial charge in [-0.25, -0.2) is 0 Å². The molecule has 2 rings (SSSR count). The van der Waals surface area contributed by atoms with Gasteiger partial charge in [-0.15, -0.1) is 0 Å². The van der Waals surface area contributed by atoms with Gasteiger partial charge in [-0.3, -0.25) is 9.59 Å². The lowest BCUT2D eigenvalue weighted by atomic mass is 10.0. The van der Waals surface area contributed by atoms with Gasteiger partial charge >= 0.3 is 0 Å². The van der Waals surface area contributed by atoms with Crippen LogP contribution >= 0.6 is 35.0 Å². The molecule has 0 saturated heterocycles. The lowest BCUT2D eigenvalue weighted by Gasteiger charge is -2.09. The summed E-state index contributed by atoms with van der Waals surface area (Å²) in [7, 11) is 1.75. The Balaban J connectivity index is 0.00000134. The monoisotopic (exact) mass is 399 g/mol. The van der Waals surface area contributed by atoms with Crippen molar-refractivity contribution in [2.75, 3.05) is 12.4 Å². The van der Waals surface area contributed by atoms with Gasteiger partial charge in [0.2, 0.25) is 0 Å². The molecule has 2 aromatic rings. The van der Waals surface area contributed by atoms with Crippen molar-refractivity contribution in [3.63, 3.8) is 0 Å². The van der Waals surface area contributed by atoms with E-state index in [0.717, 1.165) is 23.1 Å². The number of benzene rings is 2. The van der Waals surface area contributed by atoms with Gasteiger partial charge in [-0.1, -0.05) is 62.7 Å². The van der Waals surface area contributed by atoms with Crippen molar-refractivity contribution in [3.05, 3.63) is 57.6 Å². The maximum atomic E-state index is 12.4. The summed E-state index contributed by atoms with van der Waals surface area (Å²) in [6, 6.07) is 9.87. The normalized spacial score (nSPS) is 9.08. The van der Waals surface area contributed by atoms with Crippen LogP contribution in [0.15, 0.2) is 41.3 Å². The molecule has 6 heteroatoms. The maximum Gasteiger partial charge on any atom is 0.193 e. The predicted octanol–water partition coefficient (Wildman–Crippen LogP) is 6.60. The first-order chi connectivity index (χ1) is 12.1. The lowest BCUT2D eigenvalue weighted by Crippen LogP contribution is -2.02. The minimum absolute atomic E-state index is 0.177. The highest BCUT2D eigenvalue weighted by atomic mass is 35.5. The molecule has 1 N–H and O–H groups in total. The molecule has 0 atom stereocenters. The van der Waals surface area contributed by atoms with Crippen molar-refractivity contribution in [1.82, 2.24) is 0 Å². The molecule has 0 aromatic heterocycles. The van der Waals surface area contributed by atoms with Gasteiger partial charge in [-0.2, -0.15) is 0 Å². The summed E-state index contributed by atoms with van der Waals surface area (Å²) in [5.41, 5.74) is 2.45. The summed E-state index contributed by atoms with van der Waals surface area (Å²) < 4.78 is 0. The van der Waals surface area contributed by atoms with E-state index >= 15 is 0 Å². The highest BCUT2D eigenvalue weighted by Gasteiger charge is 2.13. The van der Waals surface area contributed by atoms with E-state index in [1.165, 1.54) is 6.07 Å². The van der Waals surface area contributed by atoms with Crippen molar-refractivity contribution in [1.29, 1.82) is 0 Å². The first kappa shape index (κ1) is 23.5. The van der Waals surface area contributed by atoms with Gasteiger partial charge in [0.1, 0.15) is 0 Å². The van der Waals surface area contributed by atoms with E-state index in [0.29, 0.717) is 26.1 Å². The van der Waals surface area contributed by atoms with Gasteiger partial charge in [0, 0.05) is 28.8 Å². The second kappa shape index (κ2) is 12.8. The fourth-order valence-electron chi connectivity index (χ4n) is 1.82. The average molecular weight is 400 g/mol. The van der Waals surface area contributed by atoms with Crippen LogP contribution < -0.4 is 5.32 Å². The van der Waals surface area contributed by atoms with Gasteiger partial charge < -0.3 is 5.32 Å². The zero-order valence-corrected chi connectivity index (χ0v) is 17.4. The molecule has 0 saturated carbocycles. The summed E-state index contributed by atoms with van der Waals surface area (Å²) in [6.45, 7) is 8.00. The molecule has 0 radical (unpaired) electrons. The third-order valence-corrected chi connectivity index (χ3v) is 4.30. The maximum absolute atomic E-state index is 12.4. The second-order valence-corrected chi connectivity index (χ2v) is 5.82. The van der Waals surface area contributed by atoms with Crippen molar-refractivity contribution in [2.45, 2.75) is 32.6 Å². The van der Waals surface area contributed by atoms with Crippen LogP contribution in [-0.4, -0.2) is 18.4 Å². The largest absolute Gasteiger partial charge is 0.387 e. The molecule has 0 fully saturated rings. The van der Waals surface area contributed by atoms with E-state index in [4.69, 9.17) is 23.2 Å². The fourth-order valence-corrected chi connectivity index (χ4v) is 2.72. The number of carbonyl (C=O) groups excluding carboxylic acids is 2. The number of rotatable bonds is 5. The summed E-state index contributed by atoms with van der Waals surface area (Å²) >= 11 is 12.8. The van der Waals surface area contributed by atoms with E-state index in [1.807, 2.05) is 27.7 Å². The molecule has 0 aliphatic carbocycles. The quantitative estimate of drug-likeness (QED) is 0.349. The van der Waals surface area contributed by atoms with Crippen LogP contribution in [-0.2, 0) is 4.79 Å². The van der Waals surface area contributed by atoms with Gasteiger partial charge in [0.25, 0.3) is 0 Å².